The molecule has 0 aliphatic heterocycles. The Balaban J connectivity index is 0.00000441. The van der Waals surface area contributed by atoms with Crippen LogP contribution in [0.1, 0.15) is 22.5 Å². The number of rotatable bonds is 6. The van der Waals surface area contributed by atoms with Crippen molar-refractivity contribution in [2.24, 2.45) is 4.99 Å². The third-order valence-electron chi connectivity index (χ3n) is 2.86. The van der Waals surface area contributed by atoms with E-state index in [-0.39, 0.29) is 36.4 Å². The van der Waals surface area contributed by atoms with Crippen LogP contribution in [0.5, 0.6) is 0 Å². The van der Waals surface area contributed by atoms with Gasteiger partial charge in [0.2, 0.25) is 5.91 Å². The highest BCUT2D eigenvalue weighted by Gasteiger charge is 2.06. The van der Waals surface area contributed by atoms with Crippen LogP contribution in [0, 0.1) is 13.8 Å². The minimum atomic E-state index is -0.0128. The largest absolute Gasteiger partial charge is 0.357 e. The summed E-state index contributed by atoms with van der Waals surface area (Å²) in [4.78, 5) is 23.1. The zero-order valence-electron chi connectivity index (χ0n) is 13.9. The van der Waals surface area contributed by atoms with Gasteiger partial charge in [-0.1, -0.05) is 0 Å². The van der Waals surface area contributed by atoms with Gasteiger partial charge in [0.25, 0.3) is 0 Å². The first-order valence-corrected chi connectivity index (χ1v) is 7.91. The zero-order chi connectivity index (χ0) is 15.8. The summed E-state index contributed by atoms with van der Waals surface area (Å²) >= 11 is 1.73. The topological polar surface area (TPSA) is 69.6 Å². The van der Waals surface area contributed by atoms with Crippen molar-refractivity contribution in [3.05, 3.63) is 15.6 Å². The maximum atomic E-state index is 11.6. The molecule has 22 heavy (non-hydrogen) atoms. The number of guanidine groups is 1. The number of thiazole rings is 1. The Morgan fingerprint density at radius 3 is 2.50 bits per heavy atom. The van der Waals surface area contributed by atoms with E-state index in [0.29, 0.717) is 5.96 Å². The summed E-state index contributed by atoms with van der Waals surface area (Å²) in [7, 11) is 3.46. The van der Waals surface area contributed by atoms with Crippen LogP contribution in [-0.4, -0.2) is 55.5 Å². The van der Waals surface area contributed by atoms with E-state index >= 15 is 0 Å². The van der Waals surface area contributed by atoms with E-state index in [4.69, 9.17) is 0 Å². The third-order valence-corrected chi connectivity index (χ3v) is 3.99. The van der Waals surface area contributed by atoms with Crippen molar-refractivity contribution in [1.29, 1.82) is 0 Å². The summed E-state index contributed by atoms with van der Waals surface area (Å²) in [5.41, 5.74) is 1.10. The smallest absolute Gasteiger partial charge is 0.243 e. The molecule has 0 aromatic carbocycles. The lowest BCUT2D eigenvalue weighted by atomic mass is 10.3. The summed E-state index contributed by atoms with van der Waals surface area (Å²) in [5, 5.41) is 7.48. The number of hydrogen-bond acceptors (Lipinski definition) is 4. The number of likely N-dealkylation sites (N-methyl/N-ethyl adjacent to an activating group) is 1. The molecule has 0 aliphatic carbocycles. The fourth-order valence-electron chi connectivity index (χ4n) is 1.73. The Kier molecular flexibility index (Phi) is 10.3. The molecular weight excluding hydrogens is 413 g/mol. The first-order chi connectivity index (χ1) is 9.93. The van der Waals surface area contributed by atoms with Crippen LogP contribution in [0.3, 0.4) is 0 Å². The number of carbonyl (C=O) groups is 1. The molecule has 1 heterocycles. The molecule has 0 unspecified atom stereocenters. The Hall–Kier alpha value is -0.900. The van der Waals surface area contributed by atoms with Crippen molar-refractivity contribution in [3.63, 3.8) is 0 Å². The number of nitrogens with zero attached hydrogens (tertiary/aromatic N) is 3. The van der Waals surface area contributed by atoms with Crippen LogP contribution in [0.25, 0.3) is 0 Å². The third kappa shape index (κ3) is 7.39. The van der Waals surface area contributed by atoms with Gasteiger partial charge in [-0.3, -0.25) is 4.79 Å². The van der Waals surface area contributed by atoms with E-state index in [0.717, 1.165) is 30.2 Å². The first kappa shape index (κ1) is 21.1. The van der Waals surface area contributed by atoms with Crippen LogP contribution in [-0.2, 0) is 11.2 Å². The van der Waals surface area contributed by atoms with Gasteiger partial charge in [-0.2, -0.15) is 0 Å². The fraction of sp³-hybridized carbons (Fsp3) is 0.643. The Labute approximate surface area is 153 Å². The van der Waals surface area contributed by atoms with Crippen molar-refractivity contribution in [2.75, 3.05) is 33.7 Å². The lowest BCUT2D eigenvalue weighted by Gasteiger charge is -2.12. The van der Waals surface area contributed by atoms with Crippen LogP contribution in [0.15, 0.2) is 4.99 Å². The highest BCUT2D eigenvalue weighted by Crippen LogP contribution is 2.16. The summed E-state index contributed by atoms with van der Waals surface area (Å²) < 4.78 is 0. The van der Waals surface area contributed by atoms with E-state index in [1.165, 1.54) is 9.78 Å². The number of halogens is 1. The summed E-state index contributed by atoms with van der Waals surface area (Å²) in [6.07, 6.45) is 0.906. The maximum absolute atomic E-state index is 11.6. The fourth-order valence-corrected chi connectivity index (χ4v) is 2.67. The van der Waals surface area contributed by atoms with E-state index in [2.05, 4.69) is 20.6 Å². The van der Waals surface area contributed by atoms with Gasteiger partial charge < -0.3 is 15.5 Å². The Bertz CT molecular complexity index is 501. The summed E-state index contributed by atoms with van der Waals surface area (Å²) in [6.45, 7) is 7.74. The minimum absolute atomic E-state index is 0. The normalized spacial score (nSPS) is 10.9. The minimum Gasteiger partial charge on any atom is -0.357 e. The zero-order valence-corrected chi connectivity index (χ0v) is 17.0. The van der Waals surface area contributed by atoms with Crippen LogP contribution >= 0.6 is 35.3 Å². The summed E-state index contributed by atoms with van der Waals surface area (Å²) in [6, 6.07) is 0. The number of amides is 1. The second kappa shape index (κ2) is 10.8. The van der Waals surface area contributed by atoms with Crippen LogP contribution in [0.2, 0.25) is 0 Å². The SMILES string of the molecule is CCNC(=NCC(=O)N(C)C)NCCc1sc(C)nc1C.I. The first-order valence-electron chi connectivity index (χ1n) is 7.09. The van der Waals surface area contributed by atoms with E-state index in [9.17, 15) is 4.79 Å². The Morgan fingerprint density at radius 2 is 2.00 bits per heavy atom. The van der Waals surface area contributed by atoms with Crippen LogP contribution in [0.4, 0.5) is 0 Å². The van der Waals surface area contributed by atoms with Gasteiger partial charge in [-0.15, -0.1) is 35.3 Å². The maximum Gasteiger partial charge on any atom is 0.243 e. The van der Waals surface area contributed by atoms with Crippen molar-refractivity contribution in [1.82, 2.24) is 20.5 Å². The number of nitrogens with one attached hydrogen (secondary N) is 2. The quantitative estimate of drug-likeness (QED) is 0.401. The number of aromatic nitrogens is 1. The van der Waals surface area contributed by atoms with E-state index in [1.807, 2.05) is 20.8 Å². The van der Waals surface area contributed by atoms with E-state index in [1.54, 1.807) is 25.4 Å². The van der Waals surface area contributed by atoms with Gasteiger partial charge >= 0.3 is 0 Å². The molecular formula is C14H26IN5OS. The number of carbonyl (C=O) groups excluding carboxylic acids is 1. The number of aryl methyl sites for hydroxylation is 2. The monoisotopic (exact) mass is 439 g/mol. The van der Waals surface area contributed by atoms with Crippen molar-refractivity contribution in [3.8, 4) is 0 Å². The molecule has 0 saturated carbocycles. The Morgan fingerprint density at radius 1 is 1.32 bits per heavy atom. The molecule has 0 radical (unpaired) electrons. The molecule has 2 N–H and O–H groups in total. The molecule has 1 rings (SSSR count). The molecule has 0 fully saturated rings. The van der Waals surface area contributed by atoms with E-state index < -0.39 is 0 Å². The van der Waals surface area contributed by atoms with Gasteiger partial charge in [0.05, 0.1) is 10.7 Å². The summed E-state index contributed by atoms with van der Waals surface area (Å²) in [5.74, 6) is 0.660. The van der Waals surface area contributed by atoms with Gasteiger partial charge in [0.15, 0.2) is 5.96 Å². The lowest BCUT2D eigenvalue weighted by molar-refractivity contribution is -0.127. The van der Waals surface area contributed by atoms with Crippen molar-refractivity contribution in [2.45, 2.75) is 27.2 Å². The van der Waals surface area contributed by atoms with Crippen molar-refractivity contribution >= 4 is 47.2 Å². The second-order valence-electron chi connectivity index (χ2n) is 4.90. The molecule has 8 heteroatoms. The van der Waals surface area contributed by atoms with Gasteiger partial charge in [0.1, 0.15) is 6.54 Å². The molecule has 0 aliphatic rings. The molecule has 0 saturated heterocycles. The molecule has 1 aromatic rings. The predicted molar refractivity (Wildman–Crippen MR) is 103 cm³/mol. The lowest BCUT2D eigenvalue weighted by Crippen LogP contribution is -2.39. The molecule has 0 bridgehead atoms. The average Bonchev–Trinajstić information content (AvgIpc) is 2.73. The second-order valence-corrected chi connectivity index (χ2v) is 6.19. The highest BCUT2D eigenvalue weighted by molar-refractivity contribution is 14.0. The average molecular weight is 439 g/mol. The van der Waals surface area contributed by atoms with Gasteiger partial charge in [-0.25, -0.2) is 9.98 Å². The standard InChI is InChI=1S/C14H25N5OS.HI/c1-6-15-14(17-9-13(20)19(4)5)16-8-7-12-10(2)18-11(3)21-12;/h6-9H2,1-5H3,(H2,15,16,17);1H. The highest BCUT2D eigenvalue weighted by atomic mass is 127. The van der Waals surface area contributed by atoms with Crippen LogP contribution < -0.4 is 10.6 Å². The molecule has 6 nitrogen and oxygen atoms in total. The molecule has 126 valence electrons. The number of hydrogen-bond donors (Lipinski definition) is 2. The molecule has 1 aromatic heterocycles. The molecule has 0 spiro atoms. The molecule has 0 atom stereocenters. The molecule has 1 amide bonds. The van der Waals surface area contributed by atoms with Crippen molar-refractivity contribution < 1.29 is 4.79 Å². The van der Waals surface area contributed by atoms with Gasteiger partial charge in [-0.05, 0) is 20.8 Å². The number of aliphatic imine (C=N–C) groups is 1. The van der Waals surface area contributed by atoms with Gasteiger partial charge in [0, 0.05) is 38.5 Å². The predicted octanol–water partition coefficient (Wildman–Crippen LogP) is 1.56.